The first-order valence-electron chi connectivity index (χ1n) is 9.25. The monoisotopic (exact) mass is 373 g/mol. The van der Waals surface area contributed by atoms with Gasteiger partial charge < -0.3 is 4.57 Å². The van der Waals surface area contributed by atoms with Crippen molar-refractivity contribution in [1.82, 2.24) is 13.7 Å². The van der Waals surface area contributed by atoms with Gasteiger partial charge in [0, 0.05) is 26.0 Å². The zero-order valence-electron chi connectivity index (χ0n) is 16.8. The van der Waals surface area contributed by atoms with Crippen molar-refractivity contribution in [1.29, 1.82) is 0 Å². The smallest absolute Gasteiger partial charge is 0.314 e. The highest BCUT2D eigenvalue weighted by molar-refractivity contribution is 5.94. The summed E-state index contributed by atoms with van der Waals surface area (Å²) >= 11 is 0. The summed E-state index contributed by atoms with van der Waals surface area (Å²) < 4.78 is 4.72. The molecule has 0 unspecified atom stereocenters. The summed E-state index contributed by atoms with van der Waals surface area (Å²) in [5.74, 6) is 0. The van der Waals surface area contributed by atoms with Crippen molar-refractivity contribution in [2.75, 3.05) is 0 Å². The minimum Gasteiger partial charge on any atom is -0.314 e. The molecule has 2 heterocycles. The lowest BCUT2D eigenvalue weighted by Gasteiger charge is -2.12. The molecule has 0 N–H and O–H groups in total. The number of hydrogen-bond donors (Lipinski definition) is 0. The van der Waals surface area contributed by atoms with E-state index in [2.05, 4.69) is 26.0 Å². The van der Waals surface area contributed by atoms with E-state index in [1.165, 1.54) is 27.3 Å². The fraction of sp³-hybridized carbons (Fsp3) is 0.217. The molecule has 5 nitrogen and oxygen atoms in total. The molecule has 0 saturated carbocycles. The van der Waals surface area contributed by atoms with Crippen LogP contribution in [0.15, 0.2) is 58.3 Å². The van der Waals surface area contributed by atoms with E-state index >= 15 is 0 Å². The molecular weight excluding hydrogens is 350 g/mol. The van der Waals surface area contributed by atoms with E-state index in [1.807, 2.05) is 48.0 Å². The van der Waals surface area contributed by atoms with Crippen LogP contribution in [0.1, 0.15) is 16.7 Å². The molecule has 0 spiro atoms. The average Bonchev–Trinajstić information content (AvgIpc) is 3.08. The average molecular weight is 373 g/mol. The molecule has 5 heteroatoms. The number of aromatic nitrogens is 3. The number of aryl methyl sites for hydroxylation is 4. The van der Waals surface area contributed by atoms with Gasteiger partial charge in [-0.15, -0.1) is 0 Å². The van der Waals surface area contributed by atoms with E-state index in [4.69, 9.17) is 0 Å². The third kappa shape index (κ3) is 2.62. The van der Waals surface area contributed by atoms with Crippen LogP contribution in [0.25, 0.3) is 27.8 Å². The lowest BCUT2D eigenvalue weighted by Crippen LogP contribution is -2.36. The van der Waals surface area contributed by atoms with Crippen LogP contribution < -0.4 is 11.2 Å². The highest BCUT2D eigenvalue weighted by Crippen LogP contribution is 2.31. The Morgan fingerprint density at radius 1 is 0.786 bits per heavy atom. The Labute approximate surface area is 163 Å². The first-order chi connectivity index (χ1) is 13.3. The van der Waals surface area contributed by atoms with Gasteiger partial charge in [0.05, 0.1) is 16.6 Å². The standard InChI is InChI=1S/C23H23N3O2/c1-14-6-9-17(10-7-14)21-20-19(24(4)23(28)25(5)22(20)27)13-26(21)18-11-8-15(2)16(3)12-18/h6-13H,1-5H3. The lowest BCUT2D eigenvalue weighted by molar-refractivity contribution is 0.714. The molecule has 4 rings (SSSR count). The number of hydrogen-bond acceptors (Lipinski definition) is 2. The van der Waals surface area contributed by atoms with Gasteiger partial charge in [0.15, 0.2) is 0 Å². The molecule has 0 atom stereocenters. The fourth-order valence-electron chi connectivity index (χ4n) is 3.61. The summed E-state index contributed by atoms with van der Waals surface area (Å²) in [5.41, 5.74) is 6.25. The Hall–Kier alpha value is -3.34. The second kappa shape index (κ2) is 6.37. The van der Waals surface area contributed by atoms with Gasteiger partial charge in [-0.05, 0) is 49.6 Å². The molecule has 2 aromatic carbocycles. The van der Waals surface area contributed by atoms with Crippen molar-refractivity contribution in [3.63, 3.8) is 0 Å². The van der Waals surface area contributed by atoms with Crippen molar-refractivity contribution < 1.29 is 0 Å². The van der Waals surface area contributed by atoms with E-state index < -0.39 is 0 Å². The SMILES string of the molecule is Cc1ccc(-c2c3c(=O)n(C)c(=O)n(C)c3cn2-c2ccc(C)c(C)c2)cc1. The highest BCUT2D eigenvalue weighted by atomic mass is 16.2. The Balaban J connectivity index is 2.19. The van der Waals surface area contributed by atoms with Crippen LogP contribution in [0.2, 0.25) is 0 Å². The van der Waals surface area contributed by atoms with E-state index in [1.54, 1.807) is 7.05 Å². The summed E-state index contributed by atoms with van der Waals surface area (Å²) in [7, 11) is 3.23. The van der Waals surface area contributed by atoms with Crippen LogP contribution in [-0.4, -0.2) is 13.7 Å². The maximum absolute atomic E-state index is 13.1. The van der Waals surface area contributed by atoms with Gasteiger partial charge in [-0.1, -0.05) is 35.9 Å². The molecule has 0 aliphatic rings. The maximum Gasteiger partial charge on any atom is 0.330 e. The predicted molar refractivity (Wildman–Crippen MR) is 113 cm³/mol. The first-order valence-corrected chi connectivity index (χ1v) is 9.25. The molecule has 142 valence electrons. The van der Waals surface area contributed by atoms with Gasteiger partial charge in [-0.2, -0.15) is 0 Å². The Bertz CT molecular complexity index is 1340. The van der Waals surface area contributed by atoms with Crippen molar-refractivity contribution >= 4 is 10.9 Å². The molecule has 4 aromatic rings. The van der Waals surface area contributed by atoms with E-state index in [0.717, 1.165) is 22.5 Å². The number of rotatable bonds is 2. The van der Waals surface area contributed by atoms with Gasteiger partial charge in [0.2, 0.25) is 0 Å². The minimum atomic E-state index is -0.329. The van der Waals surface area contributed by atoms with Crippen molar-refractivity contribution in [3.05, 3.63) is 86.2 Å². The molecule has 0 bridgehead atoms. The topological polar surface area (TPSA) is 48.9 Å². The van der Waals surface area contributed by atoms with E-state index in [-0.39, 0.29) is 11.2 Å². The van der Waals surface area contributed by atoms with Crippen LogP contribution in [0.3, 0.4) is 0 Å². The molecule has 0 amide bonds. The molecule has 0 radical (unpaired) electrons. The quantitative estimate of drug-likeness (QED) is 0.539. The first kappa shape index (κ1) is 18.0. The number of fused-ring (bicyclic) bond motifs is 1. The molecule has 0 aliphatic carbocycles. The van der Waals surface area contributed by atoms with Gasteiger partial charge in [0.25, 0.3) is 5.56 Å². The van der Waals surface area contributed by atoms with Crippen molar-refractivity contribution in [2.45, 2.75) is 20.8 Å². The van der Waals surface area contributed by atoms with Crippen LogP contribution in [-0.2, 0) is 14.1 Å². The van der Waals surface area contributed by atoms with Crippen molar-refractivity contribution in [3.8, 4) is 16.9 Å². The lowest BCUT2D eigenvalue weighted by atomic mass is 10.1. The number of nitrogens with zero attached hydrogens (tertiary/aromatic N) is 3. The number of benzene rings is 2. The summed E-state index contributed by atoms with van der Waals surface area (Å²) in [6.45, 7) is 6.18. The Morgan fingerprint density at radius 2 is 1.46 bits per heavy atom. The molecule has 28 heavy (non-hydrogen) atoms. The summed E-state index contributed by atoms with van der Waals surface area (Å²) in [6, 6.07) is 14.3. The summed E-state index contributed by atoms with van der Waals surface area (Å²) in [5, 5.41) is 0.548. The Kier molecular flexibility index (Phi) is 4.11. The van der Waals surface area contributed by atoms with Crippen LogP contribution >= 0.6 is 0 Å². The molecule has 0 aliphatic heterocycles. The summed E-state index contributed by atoms with van der Waals surface area (Å²) in [6.07, 6.45) is 1.89. The minimum absolute atomic E-state index is 0.281. The van der Waals surface area contributed by atoms with Crippen LogP contribution in [0.5, 0.6) is 0 Å². The molecule has 2 aromatic heterocycles. The van der Waals surface area contributed by atoms with E-state index in [9.17, 15) is 9.59 Å². The van der Waals surface area contributed by atoms with Crippen LogP contribution in [0.4, 0.5) is 0 Å². The Morgan fingerprint density at radius 3 is 2.11 bits per heavy atom. The third-order valence-corrected chi connectivity index (χ3v) is 5.53. The van der Waals surface area contributed by atoms with Crippen molar-refractivity contribution in [2.24, 2.45) is 14.1 Å². The normalized spacial score (nSPS) is 11.3. The summed E-state index contributed by atoms with van der Waals surface area (Å²) in [4.78, 5) is 25.5. The third-order valence-electron chi connectivity index (χ3n) is 5.53. The van der Waals surface area contributed by atoms with Gasteiger partial charge >= 0.3 is 5.69 Å². The zero-order valence-corrected chi connectivity index (χ0v) is 16.8. The largest absolute Gasteiger partial charge is 0.330 e. The molecule has 0 saturated heterocycles. The van der Waals surface area contributed by atoms with Gasteiger partial charge in [0.1, 0.15) is 0 Å². The second-order valence-electron chi connectivity index (χ2n) is 7.45. The predicted octanol–water partition coefficient (Wildman–Crippen LogP) is 3.62. The molecular formula is C23H23N3O2. The van der Waals surface area contributed by atoms with Crippen LogP contribution in [0, 0.1) is 20.8 Å². The van der Waals surface area contributed by atoms with E-state index in [0.29, 0.717) is 10.9 Å². The maximum atomic E-state index is 13.1. The zero-order chi connectivity index (χ0) is 20.2. The molecule has 0 fully saturated rings. The fourth-order valence-corrected chi connectivity index (χ4v) is 3.61. The van der Waals surface area contributed by atoms with Gasteiger partial charge in [-0.25, -0.2) is 4.79 Å². The van der Waals surface area contributed by atoms with Gasteiger partial charge in [-0.3, -0.25) is 13.9 Å². The second-order valence-corrected chi connectivity index (χ2v) is 7.45. The highest BCUT2D eigenvalue weighted by Gasteiger charge is 2.20.